The van der Waals surface area contributed by atoms with Crippen LogP contribution in [0.5, 0.6) is 5.88 Å². The van der Waals surface area contributed by atoms with Gasteiger partial charge in [-0.2, -0.15) is 4.98 Å². The summed E-state index contributed by atoms with van der Waals surface area (Å²) in [5.41, 5.74) is 6.33. The average molecular weight is 269 g/mol. The van der Waals surface area contributed by atoms with Gasteiger partial charge in [-0.05, 0) is 26.0 Å². The van der Waals surface area contributed by atoms with Gasteiger partial charge in [0.05, 0.1) is 24.5 Å². The fourth-order valence-corrected chi connectivity index (χ4v) is 1.48. The Morgan fingerprint density at radius 3 is 2.63 bits per heavy atom. The molecule has 1 atom stereocenters. The predicted molar refractivity (Wildman–Crippen MR) is 75.6 cm³/mol. The van der Waals surface area contributed by atoms with Crippen LogP contribution in [-0.2, 0) is 9.47 Å². The fraction of sp³-hybridized carbons (Fsp3) is 0.615. The van der Waals surface area contributed by atoms with Gasteiger partial charge in [-0.3, -0.25) is 0 Å². The first-order chi connectivity index (χ1) is 9.06. The van der Waals surface area contributed by atoms with Crippen molar-refractivity contribution in [1.82, 2.24) is 4.98 Å². The van der Waals surface area contributed by atoms with E-state index < -0.39 is 0 Å². The van der Waals surface area contributed by atoms with Gasteiger partial charge >= 0.3 is 0 Å². The number of rotatable bonds is 8. The normalized spacial score (nSPS) is 12.5. The van der Waals surface area contributed by atoms with Crippen LogP contribution < -0.4 is 15.8 Å². The van der Waals surface area contributed by atoms with Gasteiger partial charge in [0.25, 0.3) is 0 Å². The molecule has 0 bridgehead atoms. The Bertz CT molecular complexity index is 385. The number of nitrogen functional groups attached to an aromatic ring is 1. The Morgan fingerprint density at radius 1 is 1.32 bits per heavy atom. The second-order valence-corrected chi connectivity index (χ2v) is 4.45. The van der Waals surface area contributed by atoms with E-state index in [2.05, 4.69) is 10.3 Å². The third kappa shape index (κ3) is 5.32. The minimum atomic E-state index is -0.0289. The van der Waals surface area contributed by atoms with Crippen molar-refractivity contribution < 1.29 is 14.2 Å². The van der Waals surface area contributed by atoms with Crippen molar-refractivity contribution in [3.8, 4) is 5.88 Å². The SMILES string of the molecule is COCC(CNc1ccc(N)c(OC(C)C)n1)OC. The van der Waals surface area contributed by atoms with Gasteiger partial charge in [0.2, 0.25) is 5.88 Å². The molecule has 0 aromatic carbocycles. The van der Waals surface area contributed by atoms with Crippen molar-refractivity contribution in [1.29, 1.82) is 0 Å². The zero-order chi connectivity index (χ0) is 14.3. The molecule has 6 heteroatoms. The van der Waals surface area contributed by atoms with Crippen LogP contribution in [0.1, 0.15) is 13.8 Å². The number of aromatic nitrogens is 1. The molecule has 0 aliphatic heterocycles. The summed E-state index contributed by atoms with van der Waals surface area (Å²) in [6, 6.07) is 3.58. The lowest BCUT2D eigenvalue weighted by atomic mass is 10.3. The second kappa shape index (κ2) is 7.81. The zero-order valence-electron chi connectivity index (χ0n) is 12.0. The van der Waals surface area contributed by atoms with Crippen molar-refractivity contribution in [3.05, 3.63) is 12.1 Å². The quantitative estimate of drug-likeness (QED) is 0.745. The van der Waals surface area contributed by atoms with Gasteiger partial charge in [0.15, 0.2) is 0 Å². The summed E-state index contributed by atoms with van der Waals surface area (Å²) in [6.07, 6.45) is 0.00378. The Hall–Kier alpha value is -1.53. The molecular formula is C13H23N3O3. The smallest absolute Gasteiger partial charge is 0.239 e. The molecule has 1 heterocycles. The van der Waals surface area contributed by atoms with Crippen molar-refractivity contribution in [2.45, 2.75) is 26.1 Å². The number of ether oxygens (including phenoxy) is 3. The number of methoxy groups -OCH3 is 2. The topological polar surface area (TPSA) is 78.6 Å². The summed E-state index contributed by atoms with van der Waals surface area (Å²) < 4.78 is 15.8. The van der Waals surface area contributed by atoms with Gasteiger partial charge in [-0.15, -0.1) is 0 Å². The van der Waals surface area contributed by atoms with E-state index in [9.17, 15) is 0 Å². The van der Waals surface area contributed by atoms with Crippen molar-refractivity contribution in [2.24, 2.45) is 0 Å². The van der Waals surface area contributed by atoms with Crippen molar-refractivity contribution in [3.63, 3.8) is 0 Å². The van der Waals surface area contributed by atoms with Crippen molar-refractivity contribution >= 4 is 11.5 Å². The molecule has 1 unspecified atom stereocenters. The molecule has 1 rings (SSSR count). The van der Waals surface area contributed by atoms with E-state index in [0.717, 1.165) is 0 Å². The average Bonchev–Trinajstić information content (AvgIpc) is 2.37. The highest BCUT2D eigenvalue weighted by molar-refractivity contribution is 5.53. The first kappa shape index (κ1) is 15.5. The van der Waals surface area contributed by atoms with Crippen LogP contribution in [0.4, 0.5) is 11.5 Å². The van der Waals surface area contributed by atoms with E-state index in [1.807, 2.05) is 19.9 Å². The number of anilines is 2. The van der Waals surface area contributed by atoms with Gasteiger partial charge in [-0.1, -0.05) is 0 Å². The van der Waals surface area contributed by atoms with Crippen molar-refractivity contribution in [2.75, 3.05) is 38.4 Å². The fourth-order valence-electron chi connectivity index (χ4n) is 1.48. The first-order valence-corrected chi connectivity index (χ1v) is 6.25. The number of pyridine rings is 1. The van der Waals surface area contributed by atoms with Crippen LogP contribution in [-0.4, -0.2) is 44.6 Å². The Labute approximate surface area is 114 Å². The maximum Gasteiger partial charge on any atom is 0.239 e. The molecule has 6 nitrogen and oxygen atoms in total. The molecule has 108 valence electrons. The molecular weight excluding hydrogens is 246 g/mol. The molecule has 0 aliphatic carbocycles. The second-order valence-electron chi connectivity index (χ2n) is 4.45. The van der Waals surface area contributed by atoms with Crippen LogP contribution in [0, 0.1) is 0 Å². The monoisotopic (exact) mass is 269 g/mol. The van der Waals surface area contributed by atoms with Gasteiger partial charge in [0.1, 0.15) is 5.82 Å². The Morgan fingerprint density at radius 2 is 2.05 bits per heavy atom. The summed E-state index contributed by atoms with van der Waals surface area (Å²) >= 11 is 0. The standard InChI is InChI=1S/C13H23N3O3/c1-9(2)19-13-11(14)5-6-12(16-13)15-7-10(18-4)8-17-3/h5-6,9-10H,7-8,14H2,1-4H3,(H,15,16). The maximum atomic E-state index is 5.81. The number of nitrogens with two attached hydrogens (primary N) is 1. The molecule has 0 amide bonds. The zero-order valence-corrected chi connectivity index (χ0v) is 12.0. The number of nitrogens with zero attached hydrogens (tertiary/aromatic N) is 1. The van der Waals surface area contributed by atoms with Crippen LogP contribution >= 0.6 is 0 Å². The van der Waals surface area contributed by atoms with Crippen LogP contribution in [0.15, 0.2) is 12.1 Å². The molecule has 1 aromatic rings. The van der Waals surface area contributed by atoms with E-state index in [1.165, 1.54) is 0 Å². The van der Waals surface area contributed by atoms with E-state index >= 15 is 0 Å². The van der Waals surface area contributed by atoms with E-state index in [1.54, 1.807) is 20.3 Å². The lowest BCUT2D eigenvalue weighted by molar-refractivity contribution is 0.0365. The minimum absolute atomic E-state index is 0.0289. The predicted octanol–water partition coefficient (Wildman–Crippen LogP) is 1.52. The van der Waals surface area contributed by atoms with Gasteiger partial charge in [0, 0.05) is 20.8 Å². The third-order valence-corrected chi connectivity index (χ3v) is 2.43. The van der Waals surface area contributed by atoms with Crippen LogP contribution in [0.25, 0.3) is 0 Å². The van der Waals surface area contributed by atoms with Gasteiger partial charge < -0.3 is 25.3 Å². The lowest BCUT2D eigenvalue weighted by Crippen LogP contribution is -2.27. The molecule has 0 fully saturated rings. The highest BCUT2D eigenvalue weighted by atomic mass is 16.5. The lowest BCUT2D eigenvalue weighted by Gasteiger charge is -2.16. The molecule has 1 aromatic heterocycles. The maximum absolute atomic E-state index is 5.81. The summed E-state index contributed by atoms with van der Waals surface area (Å²) in [5.74, 6) is 1.14. The number of nitrogens with one attached hydrogen (secondary N) is 1. The van der Waals surface area contributed by atoms with E-state index in [-0.39, 0.29) is 12.2 Å². The Balaban J connectivity index is 2.63. The molecule has 0 saturated carbocycles. The molecule has 0 spiro atoms. The third-order valence-electron chi connectivity index (χ3n) is 2.43. The Kier molecular flexibility index (Phi) is 6.38. The molecule has 0 saturated heterocycles. The highest BCUT2D eigenvalue weighted by Crippen LogP contribution is 2.21. The molecule has 0 radical (unpaired) electrons. The molecule has 3 N–H and O–H groups in total. The van der Waals surface area contributed by atoms with Gasteiger partial charge in [-0.25, -0.2) is 0 Å². The molecule has 19 heavy (non-hydrogen) atoms. The summed E-state index contributed by atoms with van der Waals surface area (Å²) in [5, 5.41) is 3.17. The van der Waals surface area contributed by atoms with E-state index in [0.29, 0.717) is 30.5 Å². The minimum Gasteiger partial charge on any atom is -0.473 e. The highest BCUT2D eigenvalue weighted by Gasteiger charge is 2.09. The van der Waals surface area contributed by atoms with E-state index in [4.69, 9.17) is 19.9 Å². The largest absolute Gasteiger partial charge is 0.473 e. The number of hydrogen-bond acceptors (Lipinski definition) is 6. The summed E-state index contributed by atoms with van der Waals surface area (Å²) in [6.45, 7) is 4.98. The summed E-state index contributed by atoms with van der Waals surface area (Å²) in [7, 11) is 3.29. The van der Waals surface area contributed by atoms with Crippen LogP contribution in [0.2, 0.25) is 0 Å². The summed E-state index contributed by atoms with van der Waals surface area (Å²) in [4.78, 5) is 4.32. The number of hydrogen-bond donors (Lipinski definition) is 2. The molecule has 0 aliphatic rings. The first-order valence-electron chi connectivity index (χ1n) is 6.25. The van der Waals surface area contributed by atoms with Crippen LogP contribution in [0.3, 0.4) is 0 Å².